The molecule has 2 saturated heterocycles. The third-order valence-corrected chi connectivity index (χ3v) is 4.42. The Bertz CT molecular complexity index is 529. The smallest absolute Gasteiger partial charge is 0.253 e. The second-order valence-electron chi connectivity index (χ2n) is 6.07. The number of rotatable bonds is 3. The summed E-state index contributed by atoms with van der Waals surface area (Å²) >= 11 is 0. The summed E-state index contributed by atoms with van der Waals surface area (Å²) in [4.78, 5) is 26.3. The van der Waals surface area contributed by atoms with E-state index in [0.29, 0.717) is 5.56 Å². The fourth-order valence-corrected chi connectivity index (χ4v) is 3.10. The van der Waals surface area contributed by atoms with Gasteiger partial charge in [-0.25, -0.2) is 0 Å². The first-order valence-corrected chi connectivity index (χ1v) is 8.17. The van der Waals surface area contributed by atoms with Gasteiger partial charge in [-0.2, -0.15) is 0 Å². The third kappa shape index (κ3) is 3.47. The zero-order valence-electron chi connectivity index (χ0n) is 12.8. The molecule has 0 aromatic heterocycles. The Morgan fingerprint density at radius 2 is 1.77 bits per heavy atom. The Morgan fingerprint density at radius 3 is 2.41 bits per heavy atom. The fourth-order valence-electron chi connectivity index (χ4n) is 3.10. The predicted molar refractivity (Wildman–Crippen MR) is 85.9 cm³/mol. The molecule has 1 aromatic carbocycles. The summed E-state index contributed by atoms with van der Waals surface area (Å²) in [6, 6.07) is 7.11. The van der Waals surface area contributed by atoms with Crippen LogP contribution in [-0.4, -0.2) is 42.4 Å². The molecule has 118 valence electrons. The van der Waals surface area contributed by atoms with E-state index in [1.807, 2.05) is 17.0 Å². The van der Waals surface area contributed by atoms with Gasteiger partial charge in [0.1, 0.15) is 0 Å². The normalized spacial score (nSPS) is 21.6. The molecule has 1 aromatic rings. The molecule has 2 aliphatic heterocycles. The lowest BCUT2D eigenvalue weighted by molar-refractivity contribution is -0.118. The van der Waals surface area contributed by atoms with Crippen molar-refractivity contribution >= 4 is 17.5 Å². The van der Waals surface area contributed by atoms with Crippen molar-refractivity contribution in [2.75, 3.05) is 25.0 Å². The van der Waals surface area contributed by atoms with Crippen LogP contribution in [0.15, 0.2) is 24.3 Å². The zero-order chi connectivity index (χ0) is 15.4. The molecule has 0 aliphatic carbocycles. The molecule has 2 amide bonds. The quantitative estimate of drug-likeness (QED) is 0.897. The molecule has 0 saturated carbocycles. The van der Waals surface area contributed by atoms with E-state index in [9.17, 15) is 9.59 Å². The molecule has 5 nitrogen and oxygen atoms in total. The van der Waals surface area contributed by atoms with Crippen LogP contribution >= 0.6 is 0 Å². The van der Waals surface area contributed by atoms with Crippen LogP contribution in [-0.2, 0) is 4.79 Å². The van der Waals surface area contributed by atoms with Gasteiger partial charge in [0, 0.05) is 24.3 Å². The number of anilines is 1. The molecular weight excluding hydrogens is 278 g/mol. The molecule has 1 atom stereocenters. The lowest BCUT2D eigenvalue weighted by Gasteiger charge is -2.22. The Hall–Kier alpha value is -1.88. The SMILES string of the molecule is O=C(Nc1ccc(C(=O)N2CCCC2)cc1)C1CCCCN1. The molecular formula is C17H23N3O2. The van der Waals surface area contributed by atoms with Crippen molar-refractivity contribution < 1.29 is 9.59 Å². The van der Waals surface area contributed by atoms with Gasteiger partial charge in [-0.05, 0) is 56.5 Å². The second-order valence-corrected chi connectivity index (χ2v) is 6.07. The van der Waals surface area contributed by atoms with E-state index in [4.69, 9.17) is 0 Å². The summed E-state index contributed by atoms with van der Waals surface area (Å²) in [5.41, 5.74) is 1.44. The Balaban J connectivity index is 1.58. The van der Waals surface area contributed by atoms with Gasteiger partial charge in [0.25, 0.3) is 5.91 Å². The summed E-state index contributed by atoms with van der Waals surface area (Å²) < 4.78 is 0. The van der Waals surface area contributed by atoms with Gasteiger partial charge in [0.15, 0.2) is 0 Å². The van der Waals surface area contributed by atoms with E-state index in [-0.39, 0.29) is 17.9 Å². The van der Waals surface area contributed by atoms with Gasteiger partial charge in [-0.15, -0.1) is 0 Å². The zero-order valence-corrected chi connectivity index (χ0v) is 12.8. The van der Waals surface area contributed by atoms with Gasteiger partial charge < -0.3 is 15.5 Å². The number of amides is 2. The standard InChI is InChI=1S/C17H23N3O2/c21-16(15-5-1-2-10-18-15)19-14-8-6-13(7-9-14)17(22)20-11-3-4-12-20/h6-9,15,18H,1-5,10-12H2,(H,19,21). The first-order chi connectivity index (χ1) is 10.7. The Kier molecular flexibility index (Phi) is 4.73. The van der Waals surface area contributed by atoms with Crippen molar-refractivity contribution in [3.8, 4) is 0 Å². The number of nitrogens with one attached hydrogen (secondary N) is 2. The molecule has 1 unspecified atom stereocenters. The first-order valence-electron chi connectivity index (χ1n) is 8.17. The molecule has 0 bridgehead atoms. The molecule has 22 heavy (non-hydrogen) atoms. The minimum atomic E-state index is -0.0975. The van der Waals surface area contributed by atoms with E-state index in [1.165, 1.54) is 0 Å². The number of piperidine rings is 1. The lowest BCUT2D eigenvalue weighted by atomic mass is 10.0. The van der Waals surface area contributed by atoms with Crippen molar-refractivity contribution in [2.24, 2.45) is 0 Å². The van der Waals surface area contributed by atoms with E-state index >= 15 is 0 Å². The van der Waals surface area contributed by atoms with Gasteiger partial charge in [0.2, 0.25) is 5.91 Å². The highest BCUT2D eigenvalue weighted by molar-refractivity contribution is 5.97. The number of hydrogen-bond acceptors (Lipinski definition) is 3. The minimum absolute atomic E-state index is 0.0123. The summed E-state index contributed by atoms with van der Waals surface area (Å²) in [7, 11) is 0. The average molecular weight is 301 g/mol. The van der Waals surface area contributed by atoms with Gasteiger partial charge in [0.05, 0.1) is 6.04 Å². The lowest BCUT2D eigenvalue weighted by Crippen LogP contribution is -2.43. The molecule has 0 radical (unpaired) electrons. The summed E-state index contributed by atoms with van der Waals surface area (Å²) in [6.45, 7) is 2.61. The van der Waals surface area contributed by atoms with E-state index in [2.05, 4.69) is 10.6 Å². The first kappa shape index (κ1) is 15.0. The molecule has 2 aliphatic rings. The Morgan fingerprint density at radius 1 is 1.05 bits per heavy atom. The summed E-state index contributed by atoms with van der Waals surface area (Å²) in [5.74, 6) is 0.0997. The van der Waals surface area contributed by atoms with Crippen LogP contribution in [0.25, 0.3) is 0 Å². The van der Waals surface area contributed by atoms with Crippen LogP contribution in [0.1, 0.15) is 42.5 Å². The van der Waals surface area contributed by atoms with Crippen LogP contribution < -0.4 is 10.6 Å². The number of hydrogen-bond donors (Lipinski definition) is 2. The maximum Gasteiger partial charge on any atom is 0.253 e. The predicted octanol–water partition coefficient (Wildman–Crippen LogP) is 2.00. The second kappa shape index (κ2) is 6.92. The number of carbonyl (C=O) groups excluding carboxylic acids is 2. The van der Waals surface area contributed by atoms with Gasteiger partial charge in [-0.1, -0.05) is 6.42 Å². The maximum absolute atomic E-state index is 12.3. The van der Waals surface area contributed by atoms with E-state index < -0.39 is 0 Å². The van der Waals surface area contributed by atoms with Crippen LogP contribution in [0, 0.1) is 0 Å². The summed E-state index contributed by atoms with van der Waals surface area (Å²) in [6.07, 6.45) is 5.30. The third-order valence-electron chi connectivity index (χ3n) is 4.42. The molecule has 2 heterocycles. The molecule has 0 spiro atoms. The number of likely N-dealkylation sites (tertiary alicyclic amines) is 1. The van der Waals surface area contributed by atoms with Crippen LogP contribution in [0.4, 0.5) is 5.69 Å². The highest BCUT2D eigenvalue weighted by Crippen LogP contribution is 2.16. The van der Waals surface area contributed by atoms with Crippen molar-refractivity contribution in [3.63, 3.8) is 0 Å². The highest BCUT2D eigenvalue weighted by Gasteiger charge is 2.21. The van der Waals surface area contributed by atoms with Crippen molar-refractivity contribution in [2.45, 2.75) is 38.1 Å². The topological polar surface area (TPSA) is 61.4 Å². The number of nitrogens with zero attached hydrogens (tertiary/aromatic N) is 1. The fraction of sp³-hybridized carbons (Fsp3) is 0.529. The van der Waals surface area contributed by atoms with Crippen LogP contribution in [0.3, 0.4) is 0 Å². The van der Waals surface area contributed by atoms with Crippen LogP contribution in [0.5, 0.6) is 0 Å². The minimum Gasteiger partial charge on any atom is -0.339 e. The van der Waals surface area contributed by atoms with Crippen molar-refractivity contribution in [1.29, 1.82) is 0 Å². The van der Waals surface area contributed by atoms with Gasteiger partial charge >= 0.3 is 0 Å². The molecule has 3 rings (SSSR count). The number of carbonyl (C=O) groups is 2. The highest BCUT2D eigenvalue weighted by atomic mass is 16.2. The molecule has 2 N–H and O–H groups in total. The number of benzene rings is 1. The van der Waals surface area contributed by atoms with Crippen molar-refractivity contribution in [3.05, 3.63) is 29.8 Å². The van der Waals surface area contributed by atoms with E-state index in [0.717, 1.165) is 57.4 Å². The van der Waals surface area contributed by atoms with Crippen molar-refractivity contribution in [1.82, 2.24) is 10.2 Å². The average Bonchev–Trinajstić information content (AvgIpc) is 3.10. The Labute approximate surface area is 131 Å². The van der Waals surface area contributed by atoms with E-state index in [1.54, 1.807) is 12.1 Å². The maximum atomic E-state index is 12.3. The largest absolute Gasteiger partial charge is 0.339 e. The van der Waals surface area contributed by atoms with Gasteiger partial charge in [-0.3, -0.25) is 9.59 Å². The summed E-state index contributed by atoms with van der Waals surface area (Å²) in [5, 5.41) is 6.15. The monoisotopic (exact) mass is 301 g/mol. The molecule has 2 fully saturated rings. The van der Waals surface area contributed by atoms with Crippen LogP contribution in [0.2, 0.25) is 0 Å². The molecule has 5 heteroatoms.